The van der Waals surface area contributed by atoms with Crippen molar-refractivity contribution in [3.63, 3.8) is 0 Å². The summed E-state index contributed by atoms with van der Waals surface area (Å²) in [5.74, 6) is 1.82. The Labute approximate surface area is 158 Å². The van der Waals surface area contributed by atoms with Crippen LogP contribution in [0.15, 0.2) is 83.6 Å². The summed E-state index contributed by atoms with van der Waals surface area (Å²) in [6.45, 7) is 0. The first-order valence-electron chi connectivity index (χ1n) is 6.76. The van der Waals surface area contributed by atoms with Gasteiger partial charge in [-0.3, -0.25) is 0 Å². The minimum atomic E-state index is 0. The first-order chi connectivity index (χ1) is 10.9. The molecule has 2 aromatic heterocycles. The van der Waals surface area contributed by atoms with Gasteiger partial charge in [-0.25, -0.2) is 0 Å². The third-order valence-electron chi connectivity index (χ3n) is 2.69. The normalized spacial score (nSPS) is 9.39. The molecule has 0 aliphatic rings. The molecular formula is C18H14O2S2Ti. The van der Waals surface area contributed by atoms with E-state index in [0.29, 0.717) is 0 Å². The van der Waals surface area contributed by atoms with Crippen molar-refractivity contribution >= 4 is 22.7 Å². The second-order valence-electron chi connectivity index (χ2n) is 4.31. The molecule has 5 heteroatoms. The van der Waals surface area contributed by atoms with Crippen LogP contribution in [0.2, 0.25) is 0 Å². The molecule has 0 radical (unpaired) electrons. The van der Waals surface area contributed by atoms with Gasteiger partial charge in [0.1, 0.15) is 10.1 Å². The Morgan fingerprint density at radius 3 is 1.30 bits per heavy atom. The van der Waals surface area contributed by atoms with Crippen LogP contribution < -0.4 is 9.47 Å². The summed E-state index contributed by atoms with van der Waals surface area (Å²) in [5.41, 5.74) is 0. The van der Waals surface area contributed by atoms with Gasteiger partial charge in [0.25, 0.3) is 0 Å². The summed E-state index contributed by atoms with van der Waals surface area (Å²) in [6.07, 6.45) is 0. The second-order valence-corrected chi connectivity index (χ2v) is 6.13. The minimum absolute atomic E-state index is 0. The molecule has 0 spiro atoms. The number of ether oxygens (including phenoxy) is 2. The van der Waals surface area contributed by atoms with E-state index < -0.39 is 0 Å². The van der Waals surface area contributed by atoms with Gasteiger partial charge >= 0.3 is 21.7 Å². The number of rotatable bonds is 4. The van der Waals surface area contributed by atoms with Crippen LogP contribution in [0.5, 0.6) is 21.6 Å². The molecule has 0 amide bonds. The monoisotopic (exact) mass is 374 g/mol. The molecule has 0 atom stereocenters. The van der Waals surface area contributed by atoms with Crippen molar-refractivity contribution in [2.24, 2.45) is 0 Å². The van der Waals surface area contributed by atoms with Crippen molar-refractivity contribution in [3.8, 4) is 21.6 Å². The molecule has 0 saturated heterocycles. The van der Waals surface area contributed by atoms with Gasteiger partial charge in [0.05, 0.1) is 0 Å². The van der Waals surface area contributed by atoms with E-state index in [1.165, 1.54) is 0 Å². The van der Waals surface area contributed by atoms with Crippen LogP contribution in [-0.2, 0) is 21.7 Å². The summed E-state index contributed by atoms with van der Waals surface area (Å²) < 4.78 is 11.0. The van der Waals surface area contributed by atoms with Crippen LogP contribution in [0.25, 0.3) is 0 Å². The molecule has 23 heavy (non-hydrogen) atoms. The summed E-state index contributed by atoms with van der Waals surface area (Å²) in [4.78, 5) is 0. The number of hydrogen-bond donors (Lipinski definition) is 0. The van der Waals surface area contributed by atoms with Crippen molar-refractivity contribution in [2.45, 2.75) is 0 Å². The Kier molecular flexibility index (Phi) is 7.36. The van der Waals surface area contributed by atoms with E-state index in [0.717, 1.165) is 21.6 Å². The molecule has 114 valence electrons. The third-order valence-corrected chi connectivity index (χ3v) is 4.18. The van der Waals surface area contributed by atoms with Crippen LogP contribution in [0.4, 0.5) is 0 Å². The molecule has 2 heterocycles. The third kappa shape index (κ3) is 5.84. The van der Waals surface area contributed by atoms with Gasteiger partial charge in [0, 0.05) is 11.5 Å². The molecule has 0 bridgehead atoms. The zero-order valence-electron chi connectivity index (χ0n) is 12.2. The predicted octanol–water partition coefficient (Wildman–Crippen LogP) is 6.52. The van der Waals surface area contributed by atoms with Crippen LogP contribution >= 0.6 is 22.7 Å². The van der Waals surface area contributed by atoms with Crippen molar-refractivity contribution in [2.75, 3.05) is 0 Å². The number of thiophene rings is 2. The minimum Gasteiger partial charge on any atom is -0.536 e. The molecular weight excluding hydrogens is 360 g/mol. The Bertz CT molecular complexity index is 596. The fourth-order valence-electron chi connectivity index (χ4n) is 1.72. The Morgan fingerprint density at radius 2 is 1.00 bits per heavy atom. The molecule has 0 saturated carbocycles. The molecule has 0 unspecified atom stereocenters. The van der Waals surface area contributed by atoms with Crippen LogP contribution in [0.1, 0.15) is 0 Å². The molecule has 4 aromatic rings. The number of hydrogen-bond acceptors (Lipinski definition) is 4. The van der Waals surface area contributed by atoms with Crippen LogP contribution in [0.3, 0.4) is 0 Å². The van der Waals surface area contributed by atoms with Gasteiger partial charge < -0.3 is 9.47 Å². The van der Waals surface area contributed by atoms with Gasteiger partial charge in [-0.2, -0.15) is 46.9 Å². The van der Waals surface area contributed by atoms with E-state index in [1.54, 1.807) is 22.7 Å². The SMILES string of the molecule is [Ti+2].c1csc(O[c-]2cccc2)c1.c1csc(O[c-]2cccc2)c1. The Morgan fingerprint density at radius 1 is 0.609 bits per heavy atom. The summed E-state index contributed by atoms with van der Waals surface area (Å²) >= 11 is 3.20. The van der Waals surface area contributed by atoms with Gasteiger partial charge in [-0.05, 0) is 10.8 Å². The molecule has 0 aliphatic carbocycles. The van der Waals surface area contributed by atoms with E-state index in [2.05, 4.69) is 0 Å². The maximum Gasteiger partial charge on any atom is 2.00 e. The topological polar surface area (TPSA) is 18.5 Å². The zero-order valence-corrected chi connectivity index (χ0v) is 15.4. The van der Waals surface area contributed by atoms with Gasteiger partial charge in [0.15, 0.2) is 0 Å². The van der Waals surface area contributed by atoms with Crippen molar-refractivity contribution in [3.05, 3.63) is 83.6 Å². The van der Waals surface area contributed by atoms with Crippen molar-refractivity contribution in [1.29, 1.82) is 0 Å². The quantitative estimate of drug-likeness (QED) is 0.299. The average Bonchev–Trinajstić information content (AvgIpc) is 3.31. The molecule has 2 aromatic carbocycles. The Hall–Kier alpha value is -1.59. The largest absolute Gasteiger partial charge is 2.00 e. The van der Waals surface area contributed by atoms with Gasteiger partial charge in [0.2, 0.25) is 0 Å². The fourth-order valence-corrected chi connectivity index (χ4v) is 2.91. The van der Waals surface area contributed by atoms with Gasteiger partial charge in [-0.15, -0.1) is 24.3 Å². The molecule has 4 rings (SSSR count). The maximum absolute atomic E-state index is 5.48. The molecule has 0 fully saturated rings. The fraction of sp³-hybridized carbons (Fsp3) is 0. The van der Waals surface area contributed by atoms with Crippen LogP contribution in [0, 0.1) is 0 Å². The average molecular weight is 374 g/mol. The standard InChI is InChI=1S/2C9H7OS.Ti/c2*1-2-5-8(4-1)10-9-6-3-7-11-9;/h2*1-7H;/q2*-1;+2. The van der Waals surface area contributed by atoms with Crippen molar-refractivity contribution in [1.82, 2.24) is 0 Å². The molecule has 0 N–H and O–H groups in total. The summed E-state index contributed by atoms with van der Waals surface area (Å²) in [6, 6.07) is 23.5. The van der Waals surface area contributed by atoms with E-state index in [-0.39, 0.29) is 21.7 Å². The van der Waals surface area contributed by atoms with Crippen LogP contribution in [-0.4, -0.2) is 0 Å². The molecule has 2 nitrogen and oxygen atoms in total. The van der Waals surface area contributed by atoms with Crippen molar-refractivity contribution < 1.29 is 31.2 Å². The van der Waals surface area contributed by atoms with E-state index in [1.807, 2.05) is 83.6 Å². The maximum atomic E-state index is 5.48. The first kappa shape index (κ1) is 17.8. The smallest absolute Gasteiger partial charge is 0.536 e. The second kappa shape index (κ2) is 9.53. The van der Waals surface area contributed by atoms with Gasteiger partial charge in [-0.1, -0.05) is 24.3 Å². The van der Waals surface area contributed by atoms with E-state index in [4.69, 9.17) is 9.47 Å². The Balaban J connectivity index is 0.000000160. The predicted molar refractivity (Wildman–Crippen MR) is 92.9 cm³/mol. The first-order valence-corrected chi connectivity index (χ1v) is 8.52. The summed E-state index contributed by atoms with van der Waals surface area (Å²) in [5, 5.41) is 5.88. The zero-order chi connectivity index (χ0) is 15.0. The van der Waals surface area contributed by atoms with E-state index in [9.17, 15) is 0 Å². The summed E-state index contributed by atoms with van der Waals surface area (Å²) in [7, 11) is 0. The van der Waals surface area contributed by atoms with E-state index >= 15 is 0 Å². The molecule has 0 aliphatic heterocycles.